The lowest BCUT2D eigenvalue weighted by Gasteiger charge is -1.95. The highest BCUT2D eigenvalue weighted by atomic mass is 127. The van der Waals surface area contributed by atoms with Crippen LogP contribution in [0.15, 0.2) is 24.4 Å². The summed E-state index contributed by atoms with van der Waals surface area (Å²) in [5, 5.41) is 0. The monoisotopic (exact) mass is 263 g/mol. The average Bonchev–Trinajstić information content (AvgIpc) is 2.03. The van der Waals surface area contributed by atoms with Gasteiger partial charge in [0.25, 0.3) is 0 Å². The molecule has 0 aliphatic carbocycles. The molecule has 0 fully saturated rings. The summed E-state index contributed by atoms with van der Waals surface area (Å²) in [6.07, 6.45) is 5.47. The van der Waals surface area contributed by atoms with Gasteiger partial charge in [-0.05, 0) is 25.0 Å². The molecule has 0 aliphatic rings. The molecular formula is C9H14IN. The van der Waals surface area contributed by atoms with Crippen molar-refractivity contribution in [3.63, 3.8) is 0 Å². The number of aromatic nitrogens is 1. The highest BCUT2D eigenvalue weighted by molar-refractivity contribution is 14.0. The van der Waals surface area contributed by atoms with Crippen molar-refractivity contribution >= 4 is 24.0 Å². The third-order valence-corrected chi connectivity index (χ3v) is 1.51. The average molecular weight is 263 g/mol. The summed E-state index contributed by atoms with van der Waals surface area (Å²) >= 11 is 0. The van der Waals surface area contributed by atoms with Crippen LogP contribution in [0.25, 0.3) is 0 Å². The fraction of sp³-hybridized carbons (Fsp3) is 0.444. The van der Waals surface area contributed by atoms with Crippen molar-refractivity contribution in [3.8, 4) is 0 Å². The van der Waals surface area contributed by atoms with E-state index in [1.165, 1.54) is 18.5 Å². The van der Waals surface area contributed by atoms with Crippen LogP contribution in [-0.2, 0) is 6.42 Å². The molecule has 0 spiro atoms. The van der Waals surface area contributed by atoms with Crippen molar-refractivity contribution < 1.29 is 0 Å². The van der Waals surface area contributed by atoms with Crippen molar-refractivity contribution in [1.82, 2.24) is 4.98 Å². The molecule has 0 aromatic carbocycles. The summed E-state index contributed by atoms with van der Waals surface area (Å²) in [4.78, 5) is 4.22. The summed E-state index contributed by atoms with van der Waals surface area (Å²) in [7, 11) is 0. The SMILES string of the molecule is CCCCc1ccccn1.I. The number of unbranched alkanes of at least 4 members (excludes halogenated alkanes) is 1. The van der Waals surface area contributed by atoms with Crippen molar-refractivity contribution in [1.29, 1.82) is 0 Å². The van der Waals surface area contributed by atoms with Crippen LogP contribution in [0.3, 0.4) is 0 Å². The van der Waals surface area contributed by atoms with Gasteiger partial charge in [0.2, 0.25) is 0 Å². The Balaban J connectivity index is 0.000001000. The Labute approximate surface area is 85.3 Å². The number of hydrogen-bond acceptors (Lipinski definition) is 1. The quantitative estimate of drug-likeness (QED) is 0.764. The summed E-state index contributed by atoms with van der Waals surface area (Å²) in [5.41, 5.74) is 1.21. The summed E-state index contributed by atoms with van der Waals surface area (Å²) in [6, 6.07) is 6.07. The van der Waals surface area contributed by atoms with Crippen molar-refractivity contribution in [2.24, 2.45) is 0 Å². The maximum atomic E-state index is 4.22. The van der Waals surface area contributed by atoms with Gasteiger partial charge in [-0.3, -0.25) is 4.98 Å². The molecule has 11 heavy (non-hydrogen) atoms. The van der Waals surface area contributed by atoms with E-state index in [0.29, 0.717) is 0 Å². The molecule has 1 aromatic rings. The molecular weight excluding hydrogens is 249 g/mol. The van der Waals surface area contributed by atoms with Gasteiger partial charge in [-0.15, -0.1) is 24.0 Å². The predicted molar refractivity (Wildman–Crippen MR) is 58.3 cm³/mol. The number of nitrogens with zero attached hydrogens (tertiary/aromatic N) is 1. The molecule has 1 aromatic heterocycles. The molecule has 0 N–H and O–H groups in total. The zero-order valence-electron chi connectivity index (χ0n) is 6.79. The molecule has 0 amide bonds. The van der Waals surface area contributed by atoms with Gasteiger partial charge in [-0.1, -0.05) is 19.4 Å². The third-order valence-electron chi connectivity index (χ3n) is 1.51. The second-order valence-electron chi connectivity index (χ2n) is 2.42. The van der Waals surface area contributed by atoms with Gasteiger partial charge >= 0.3 is 0 Å². The van der Waals surface area contributed by atoms with Gasteiger partial charge in [0.05, 0.1) is 0 Å². The van der Waals surface area contributed by atoms with E-state index in [9.17, 15) is 0 Å². The van der Waals surface area contributed by atoms with Crippen LogP contribution in [0.4, 0.5) is 0 Å². The molecule has 62 valence electrons. The van der Waals surface area contributed by atoms with E-state index in [2.05, 4.69) is 18.0 Å². The van der Waals surface area contributed by atoms with Gasteiger partial charge in [0, 0.05) is 11.9 Å². The molecule has 0 unspecified atom stereocenters. The van der Waals surface area contributed by atoms with Gasteiger partial charge in [-0.2, -0.15) is 0 Å². The molecule has 0 bridgehead atoms. The van der Waals surface area contributed by atoms with Crippen LogP contribution < -0.4 is 0 Å². The van der Waals surface area contributed by atoms with E-state index in [1.807, 2.05) is 18.3 Å². The van der Waals surface area contributed by atoms with Crippen LogP contribution in [0.5, 0.6) is 0 Å². The fourth-order valence-electron chi connectivity index (χ4n) is 0.904. The standard InChI is InChI=1S/C9H13N.HI/c1-2-3-6-9-7-4-5-8-10-9;/h4-5,7-8H,2-3,6H2,1H3;1H. The minimum Gasteiger partial charge on any atom is -0.261 e. The van der Waals surface area contributed by atoms with Crippen LogP contribution in [0.1, 0.15) is 25.5 Å². The largest absolute Gasteiger partial charge is 0.261 e. The lowest BCUT2D eigenvalue weighted by atomic mass is 10.2. The summed E-state index contributed by atoms with van der Waals surface area (Å²) < 4.78 is 0. The highest BCUT2D eigenvalue weighted by Crippen LogP contribution is 1.99. The molecule has 0 aliphatic heterocycles. The Morgan fingerprint density at radius 3 is 2.73 bits per heavy atom. The first-order valence-corrected chi connectivity index (χ1v) is 3.83. The smallest absolute Gasteiger partial charge is 0.0403 e. The van der Waals surface area contributed by atoms with E-state index in [-0.39, 0.29) is 24.0 Å². The Morgan fingerprint density at radius 2 is 2.18 bits per heavy atom. The van der Waals surface area contributed by atoms with E-state index in [1.54, 1.807) is 0 Å². The first-order valence-electron chi connectivity index (χ1n) is 3.83. The minimum atomic E-state index is 0. The van der Waals surface area contributed by atoms with Gasteiger partial charge in [0.1, 0.15) is 0 Å². The third kappa shape index (κ3) is 4.35. The van der Waals surface area contributed by atoms with Crippen molar-refractivity contribution in [3.05, 3.63) is 30.1 Å². The molecule has 1 rings (SSSR count). The zero-order valence-corrected chi connectivity index (χ0v) is 9.12. The van der Waals surface area contributed by atoms with E-state index >= 15 is 0 Å². The molecule has 2 heteroatoms. The summed E-state index contributed by atoms with van der Waals surface area (Å²) in [6.45, 7) is 2.20. The molecule has 1 heterocycles. The minimum absolute atomic E-state index is 0. The lowest BCUT2D eigenvalue weighted by Crippen LogP contribution is -1.86. The molecule has 1 nitrogen and oxygen atoms in total. The second kappa shape index (κ2) is 6.58. The Kier molecular flexibility index (Phi) is 6.51. The second-order valence-corrected chi connectivity index (χ2v) is 2.42. The Bertz CT molecular complexity index is 174. The van der Waals surface area contributed by atoms with E-state index < -0.39 is 0 Å². The fourth-order valence-corrected chi connectivity index (χ4v) is 0.904. The maximum absolute atomic E-state index is 4.22. The summed E-state index contributed by atoms with van der Waals surface area (Å²) in [5.74, 6) is 0. The highest BCUT2D eigenvalue weighted by Gasteiger charge is 1.88. The first-order chi connectivity index (χ1) is 4.93. The van der Waals surface area contributed by atoms with Gasteiger partial charge in [0.15, 0.2) is 0 Å². The number of pyridine rings is 1. The number of halogens is 1. The van der Waals surface area contributed by atoms with E-state index in [4.69, 9.17) is 0 Å². The molecule has 0 saturated carbocycles. The number of aryl methyl sites for hydroxylation is 1. The number of rotatable bonds is 3. The van der Waals surface area contributed by atoms with Crippen LogP contribution in [-0.4, -0.2) is 4.98 Å². The van der Waals surface area contributed by atoms with Crippen LogP contribution >= 0.6 is 24.0 Å². The molecule has 0 saturated heterocycles. The zero-order chi connectivity index (χ0) is 7.23. The van der Waals surface area contributed by atoms with Crippen LogP contribution in [0.2, 0.25) is 0 Å². The van der Waals surface area contributed by atoms with Crippen LogP contribution in [0, 0.1) is 0 Å². The topological polar surface area (TPSA) is 12.9 Å². The van der Waals surface area contributed by atoms with Crippen molar-refractivity contribution in [2.45, 2.75) is 26.2 Å². The number of hydrogen-bond donors (Lipinski definition) is 0. The van der Waals surface area contributed by atoms with Crippen molar-refractivity contribution in [2.75, 3.05) is 0 Å². The Hall–Kier alpha value is -0.120. The van der Waals surface area contributed by atoms with Gasteiger partial charge in [-0.25, -0.2) is 0 Å². The predicted octanol–water partition coefficient (Wildman–Crippen LogP) is 3.04. The first kappa shape index (κ1) is 10.9. The molecule has 0 radical (unpaired) electrons. The van der Waals surface area contributed by atoms with E-state index in [0.717, 1.165) is 6.42 Å². The Morgan fingerprint density at radius 1 is 1.36 bits per heavy atom. The lowest BCUT2D eigenvalue weighted by molar-refractivity contribution is 0.777. The normalized spacial score (nSPS) is 8.82. The van der Waals surface area contributed by atoms with Gasteiger partial charge < -0.3 is 0 Å². The molecule has 0 atom stereocenters. The maximum Gasteiger partial charge on any atom is 0.0403 e.